The molecule has 0 aliphatic rings. The van der Waals surface area contributed by atoms with Gasteiger partial charge in [-0.2, -0.15) is 0 Å². The summed E-state index contributed by atoms with van der Waals surface area (Å²) in [5.41, 5.74) is 8.90. The number of thioether (sulfide) groups is 1. The van der Waals surface area contributed by atoms with Crippen LogP contribution in [0.1, 0.15) is 11.1 Å². The number of carbonyl (C=O) groups excluding carboxylic acids is 1. The lowest BCUT2D eigenvalue weighted by molar-refractivity contribution is -0.118. The van der Waals surface area contributed by atoms with E-state index >= 15 is 0 Å². The number of hydrogen-bond acceptors (Lipinski definition) is 3. The summed E-state index contributed by atoms with van der Waals surface area (Å²) in [6.07, 6.45) is 0.856. The van der Waals surface area contributed by atoms with Gasteiger partial charge in [-0.1, -0.05) is 36.4 Å². The van der Waals surface area contributed by atoms with E-state index in [1.54, 1.807) is 0 Å². The molecule has 0 saturated carbocycles. The van der Waals surface area contributed by atoms with E-state index < -0.39 is 0 Å². The zero-order valence-corrected chi connectivity index (χ0v) is 13.0. The Kier molecular flexibility index (Phi) is 5.69. The molecule has 0 aromatic heterocycles. The van der Waals surface area contributed by atoms with Crippen LogP contribution in [0.25, 0.3) is 0 Å². The maximum Gasteiger partial charge on any atom is 0.230 e. The standard InChI is InChI=1S/C17H20N2OS/c1-13-15(18)8-5-9-16(13)21-12-17(20)19-11-10-14-6-3-2-4-7-14/h2-9H,10-12,18H2,1H3,(H,19,20). The number of carbonyl (C=O) groups is 1. The van der Waals surface area contributed by atoms with E-state index in [2.05, 4.69) is 17.4 Å². The van der Waals surface area contributed by atoms with Crippen LogP contribution in [0.15, 0.2) is 53.4 Å². The summed E-state index contributed by atoms with van der Waals surface area (Å²) in [4.78, 5) is 12.9. The third-order valence-corrected chi connectivity index (χ3v) is 4.42. The van der Waals surface area contributed by atoms with E-state index in [0.29, 0.717) is 12.3 Å². The highest BCUT2D eigenvalue weighted by molar-refractivity contribution is 8.00. The Morgan fingerprint density at radius 3 is 2.67 bits per heavy atom. The number of amides is 1. The number of benzene rings is 2. The lowest BCUT2D eigenvalue weighted by Gasteiger charge is -2.08. The normalized spacial score (nSPS) is 10.3. The van der Waals surface area contributed by atoms with Gasteiger partial charge in [0, 0.05) is 17.1 Å². The summed E-state index contributed by atoms with van der Waals surface area (Å²) in [6.45, 7) is 2.64. The highest BCUT2D eigenvalue weighted by atomic mass is 32.2. The molecule has 0 bridgehead atoms. The van der Waals surface area contributed by atoms with Crippen molar-refractivity contribution in [1.82, 2.24) is 5.32 Å². The molecular formula is C17H20N2OS. The van der Waals surface area contributed by atoms with Gasteiger partial charge >= 0.3 is 0 Å². The van der Waals surface area contributed by atoms with Gasteiger partial charge in [-0.05, 0) is 36.6 Å². The Morgan fingerprint density at radius 2 is 1.90 bits per heavy atom. The molecule has 0 spiro atoms. The molecule has 0 fully saturated rings. The smallest absolute Gasteiger partial charge is 0.230 e. The van der Waals surface area contributed by atoms with Crippen molar-refractivity contribution in [3.05, 3.63) is 59.7 Å². The zero-order valence-electron chi connectivity index (χ0n) is 12.1. The molecule has 4 heteroatoms. The minimum Gasteiger partial charge on any atom is -0.398 e. The number of anilines is 1. The van der Waals surface area contributed by atoms with Gasteiger partial charge in [-0.3, -0.25) is 4.79 Å². The molecule has 0 saturated heterocycles. The minimum absolute atomic E-state index is 0.0535. The third kappa shape index (κ3) is 4.83. The van der Waals surface area contributed by atoms with Crippen LogP contribution in [0.5, 0.6) is 0 Å². The van der Waals surface area contributed by atoms with Crippen LogP contribution in [-0.4, -0.2) is 18.2 Å². The predicted octanol–water partition coefficient (Wildman–Crippen LogP) is 3.03. The second-order valence-corrected chi connectivity index (χ2v) is 5.86. The fraction of sp³-hybridized carbons (Fsp3) is 0.235. The first-order valence-corrected chi connectivity index (χ1v) is 7.94. The monoisotopic (exact) mass is 300 g/mol. The predicted molar refractivity (Wildman–Crippen MR) is 89.5 cm³/mol. The summed E-state index contributed by atoms with van der Waals surface area (Å²) in [5.74, 6) is 0.469. The number of nitrogen functional groups attached to an aromatic ring is 1. The van der Waals surface area contributed by atoms with Gasteiger partial charge in [0.05, 0.1) is 5.75 Å². The fourth-order valence-electron chi connectivity index (χ4n) is 1.97. The molecule has 0 unspecified atom stereocenters. The van der Waals surface area contributed by atoms with Crippen LogP contribution >= 0.6 is 11.8 Å². The second-order valence-electron chi connectivity index (χ2n) is 4.84. The number of rotatable bonds is 6. The molecule has 0 radical (unpaired) electrons. The zero-order chi connectivity index (χ0) is 15.1. The van der Waals surface area contributed by atoms with Crippen LogP contribution < -0.4 is 11.1 Å². The average Bonchev–Trinajstić information content (AvgIpc) is 2.50. The Morgan fingerprint density at radius 1 is 1.14 bits per heavy atom. The summed E-state index contributed by atoms with van der Waals surface area (Å²) in [5, 5.41) is 2.94. The van der Waals surface area contributed by atoms with Gasteiger partial charge in [0.25, 0.3) is 0 Å². The highest BCUT2D eigenvalue weighted by Gasteiger charge is 2.06. The maximum atomic E-state index is 11.8. The molecule has 2 aromatic carbocycles. The molecule has 0 aliphatic carbocycles. The molecule has 0 heterocycles. The molecule has 0 atom stereocenters. The first-order valence-electron chi connectivity index (χ1n) is 6.95. The summed E-state index contributed by atoms with van der Waals surface area (Å²) < 4.78 is 0. The first kappa shape index (κ1) is 15.4. The molecule has 21 heavy (non-hydrogen) atoms. The molecule has 2 rings (SSSR count). The largest absolute Gasteiger partial charge is 0.398 e. The molecule has 3 nitrogen and oxygen atoms in total. The second kappa shape index (κ2) is 7.74. The first-order chi connectivity index (χ1) is 10.2. The lowest BCUT2D eigenvalue weighted by Crippen LogP contribution is -2.27. The molecule has 1 amide bonds. The van der Waals surface area contributed by atoms with Gasteiger partial charge in [-0.15, -0.1) is 11.8 Å². The number of nitrogens with two attached hydrogens (primary N) is 1. The minimum atomic E-state index is 0.0535. The van der Waals surface area contributed by atoms with Gasteiger partial charge in [-0.25, -0.2) is 0 Å². The van der Waals surface area contributed by atoms with Crippen molar-refractivity contribution in [1.29, 1.82) is 0 Å². The lowest BCUT2D eigenvalue weighted by atomic mass is 10.1. The van der Waals surface area contributed by atoms with Crippen LogP contribution in [0, 0.1) is 6.92 Å². The van der Waals surface area contributed by atoms with E-state index in [1.165, 1.54) is 17.3 Å². The van der Waals surface area contributed by atoms with Crippen molar-refractivity contribution >= 4 is 23.4 Å². The van der Waals surface area contributed by atoms with E-state index in [9.17, 15) is 4.79 Å². The topological polar surface area (TPSA) is 55.1 Å². The van der Waals surface area contributed by atoms with Gasteiger partial charge in [0.1, 0.15) is 0 Å². The van der Waals surface area contributed by atoms with E-state index in [-0.39, 0.29) is 5.91 Å². The van der Waals surface area contributed by atoms with Crippen molar-refractivity contribution in [3.63, 3.8) is 0 Å². The van der Waals surface area contributed by atoms with Gasteiger partial charge in [0.15, 0.2) is 0 Å². The Hall–Kier alpha value is -1.94. The molecular weight excluding hydrogens is 280 g/mol. The summed E-state index contributed by atoms with van der Waals surface area (Å²) >= 11 is 1.52. The number of hydrogen-bond donors (Lipinski definition) is 2. The van der Waals surface area contributed by atoms with E-state index in [1.807, 2.05) is 43.3 Å². The Balaban J connectivity index is 1.74. The van der Waals surface area contributed by atoms with Crippen molar-refractivity contribution in [2.45, 2.75) is 18.2 Å². The molecule has 2 aromatic rings. The number of nitrogens with one attached hydrogen (secondary N) is 1. The van der Waals surface area contributed by atoms with Gasteiger partial charge in [0.2, 0.25) is 5.91 Å². The van der Waals surface area contributed by atoms with Crippen molar-refractivity contribution < 1.29 is 4.79 Å². The van der Waals surface area contributed by atoms with Crippen LogP contribution in [0.2, 0.25) is 0 Å². The highest BCUT2D eigenvalue weighted by Crippen LogP contribution is 2.25. The molecule has 0 aliphatic heterocycles. The van der Waals surface area contributed by atoms with E-state index in [0.717, 1.165) is 22.6 Å². The summed E-state index contributed by atoms with van der Waals surface area (Å²) in [6, 6.07) is 15.9. The van der Waals surface area contributed by atoms with Crippen LogP contribution in [0.3, 0.4) is 0 Å². The average molecular weight is 300 g/mol. The van der Waals surface area contributed by atoms with Crippen molar-refractivity contribution in [3.8, 4) is 0 Å². The summed E-state index contributed by atoms with van der Waals surface area (Å²) in [7, 11) is 0. The molecule has 3 N–H and O–H groups in total. The van der Waals surface area contributed by atoms with E-state index in [4.69, 9.17) is 5.73 Å². The molecule has 110 valence electrons. The maximum absolute atomic E-state index is 11.8. The quantitative estimate of drug-likeness (QED) is 0.637. The Bertz CT molecular complexity index is 599. The fourth-order valence-corrected chi connectivity index (χ4v) is 2.87. The Labute approximate surface area is 129 Å². The van der Waals surface area contributed by atoms with Crippen molar-refractivity contribution in [2.75, 3.05) is 18.0 Å². The van der Waals surface area contributed by atoms with Crippen LogP contribution in [0.4, 0.5) is 5.69 Å². The SMILES string of the molecule is Cc1c(N)cccc1SCC(=O)NCCc1ccccc1. The van der Waals surface area contributed by atoms with Gasteiger partial charge < -0.3 is 11.1 Å². The van der Waals surface area contributed by atoms with Crippen LogP contribution in [-0.2, 0) is 11.2 Å². The third-order valence-electron chi connectivity index (χ3n) is 3.26. The van der Waals surface area contributed by atoms with Crippen molar-refractivity contribution in [2.24, 2.45) is 0 Å².